The maximum atomic E-state index is 13.3. The molecule has 0 radical (unpaired) electrons. The molecule has 0 spiro atoms. The van der Waals surface area contributed by atoms with Crippen LogP contribution in [0.5, 0.6) is 0 Å². The van der Waals surface area contributed by atoms with Gasteiger partial charge in [0.2, 0.25) is 5.95 Å². The summed E-state index contributed by atoms with van der Waals surface area (Å²) in [6.07, 6.45) is 5.47. The first-order chi connectivity index (χ1) is 14.0. The topological polar surface area (TPSA) is 71.8 Å². The van der Waals surface area contributed by atoms with Crippen molar-refractivity contribution < 1.29 is 4.79 Å². The van der Waals surface area contributed by atoms with Gasteiger partial charge in [0, 0.05) is 11.4 Å². The molecule has 6 heteroatoms. The van der Waals surface area contributed by atoms with Gasteiger partial charge in [-0.1, -0.05) is 60.2 Å². The number of hydrogen-bond acceptors (Lipinski definition) is 4. The molecule has 0 aliphatic carbocycles. The molecule has 2 aromatic carbocycles. The van der Waals surface area contributed by atoms with Crippen molar-refractivity contribution in [3.63, 3.8) is 0 Å². The zero-order chi connectivity index (χ0) is 20.4. The van der Waals surface area contributed by atoms with Crippen LogP contribution in [0.15, 0.2) is 72.2 Å². The minimum atomic E-state index is -0.361. The molecule has 2 heterocycles. The third kappa shape index (κ3) is 3.82. The lowest BCUT2D eigenvalue weighted by Gasteiger charge is -2.26. The minimum Gasteiger partial charge on any atom is -0.328 e. The third-order valence-corrected chi connectivity index (χ3v) is 4.98. The molecule has 6 nitrogen and oxygen atoms in total. The highest BCUT2D eigenvalue weighted by Gasteiger charge is 2.30. The van der Waals surface area contributed by atoms with Crippen LogP contribution in [0.4, 0.5) is 11.6 Å². The van der Waals surface area contributed by atoms with Crippen LogP contribution in [0, 0.1) is 13.8 Å². The molecule has 4 rings (SSSR count). The Hall–Kier alpha value is -3.67. The second kappa shape index (κ2) is 7.75. The molecule has 1 aliphatic heterocycles. The van der Waals surface area contributed by atoms with Gasteiger partial charge in [0.05, 0.1) is 5.57 Å². The van der Waals surface area contributed by atoms with Crippen molar-refractivity contribution in [1.82, 2.24) is 14.8 Å². The van der Waals surface area contributed by atoms with Gasteiger partial charge in [0.1, 0.15) is 12.4 Å². The zero-order valence-electron chi connectivity index (χ0n) is 16.7. The number of nitrogens with zero attached hydrogens (tertiary/aromatic N) is 3. The van der Waals surface area contributed by atoms with Crippen molar-refractivity contribution in [1.29, 1.82) is 0 Å². The number of hydrogen-bond donors (Lipinski definition) is 2. The van der Waals surface area contributed by atoms with Crippen LogP contribution in [0.1, 0.15) is 29.7 Å². The summed E-state index contributed by atoms with van der Waals surface area (Å²) in [4.78, 5) is 17.5. The molecule has 2 N–H and O–H groups in total. The van der Waals surface area contributed by atoms with E-state index in [4.69, 9.17) is 0 Å². The molecule has 0 saturated carbocycles. The van der Waals surface area contributed by atoms with Gasteiger partial charge in [0.25, 0.3) is 5.91 Å². The first kappa shape index (κ1) is 18.7. The van der Waals surface area contributed by atoms with Crippen LogP contribution in [-0.4, -0.2) is 20.7 Å². The number of amides is 1. The maximum Gasteiger partial charge on any atom is 0.255 e. The number of aryl methyl sites for hydroxylation is 2. The average Bonchev–Trinajstić information content (AvgIpc) is 3.16. The molecule has 146 valence electrons. The smallest absolute Gasteiger partial charge is 0.255 e. The van der Waals surface area contributed by atoms with Crippen molar-refractivity contribution in [2.75, 3.05) is 10.6 Å². The lowest BCUT2D eigenvalue weighted by atomic mass is 10.0. The predicted molar refractivity (Wildman–Crippen MR) is 115 cm³/mol. The third-order valence-electron chi connectivity index (χ3n) is 4.98. The lowest BCUT2D eigenvalue weighted by molar-refractivity contribution is -0.113. The number of anilines is 2. The molecule has 1 atom stereocenters. The highest BCUT2D eigenvalue weighted by atomic mass is 16.1. The molecule has 1 aromatic heterocycles. The fourth-order valence-corrected chi connectivity index (χ4v) is 3.51. The van der Waals surface area contributed by atoms with Gasteiger partial charge in [-0.05, 0) is 38.0 Å². The molecule has 0 bridgehead atoms. The maximum absolute atomic E-state index is 13.3. The fraction of sp³-hybridized carbons (Fsp3) is 0.174. The fourth-order valence-electron chi connectivity index (χ4n) is 3.51. The lowest BCUT2D eigenvalue weighted by Crippen LogP contribution is -2.30. The molecular formula is C23H23N5O. The van der Waals surface area contributed by atoms with Gasteiger partial charge < -0.3 is 10.6 Å². The van der Waals surface area contributed by atoms with E-state index in [2.05, 4.69) is 26.8 Å². The highest BCUT2D eigenvalue weighted by Crippen LogP contribution is 2.32. The summed E-state index contributed by atoms with van der Waals surface area (Å²) in [5.74, 6) is 0.457. The number of rotatable bonds is 4. The Morgan fingerprint density at radius 1 is 1.14 bits per heavy atom. The number of carbonyl (C=O) groups is 1. The van der Waals surface area contributed by atoms with Gasteiger partial charge >= 0.3 is 0 Å². The van der Waals surface area contributed by atoms with E-state index in [0.29, 0.717) is 11.5 Å². The van der Waals surface area contributed by atoms with Crippen LogP contribution >= 0.6 is 0 Å². The SMILES string of the molecule is CC1=C(C(=O)Nc2ccc(C)cc2C)[C@@H](/C=C/c2ccccc2)n2ncnc2N1. The summed E-state index contributed by atoms with van der Waals surface area (Å²) < 4.78 is 1.73. The summed E-state index contributed by atoms with van der Waals surface area (Å²) in [6.45, 7) is 5.91. The first-order valence-corrected chi connectivity index (χ1v) is 9.52. The van der Waals surface area contributed by atoms with Gasteiger partial charge in [-0.3, -0.25) is 4.79 Å². The molecule has 0 saturated heterocycles. The van der Waals surface area contributed by atoms with Gasteiger partial charge in [-0.15, -0.1) is 0 Å². The van der Waals surface area contributed by atoms with Crippen LogP contribution in [0.2, 0.25) is 0 Å². The van der Waals surface area contributed by atoms with E-state index >= 15 is 0 Å². The number of aromatic nitrogens is 3. The predicted octanol–water partition coefficient (Wildman–Crippen LogP) is 4.49. The first-order valence-electron chi connectivity index (χ1n) is 9.52. The Kier molecular flexibility index (Phi) is 4.99. The number of fused-ring (bicyclic) bond motifs is 1. The van der Waals surface area contributed by atoms with Crippen LogP contribution in [0.25, 0.3) is 6.08 Å². The standard InChI is InChI=1S/C23H23N5O/c1-15-9-11-19(16(2)13-15)27-22(29)21-17(3)26-23-24-14-25-28(23)20(21)12-10-18-7-5-4-6-8-18/h4-14,20H,1-3H3,(H,27,29)(H,24,25,26)/b12-10+/t20-/m1/s1. The molecule has 0 unspecified atom stereocenters. The molecule has 3 aromatic rings. The summed E-state index contributed by atoms with van der Waals surface area (Å²) in [7, 11) is 0. The normalized spacial score (nSPS) is 15.9. The molecule has 1 aliphatic rings. The van der Waals surface area contributed by atoms with Crippen molar-refractivity contribution >= 4 is 23.6 Å². The summed E-state index contributed by atoms with van der Waals surface area (Å²) in [5.41, 5.74) is 5.41. The van der Waals surface area contributed by atoms with Crippen LogP contribution in [-0.2, 0) is 4.79 Å². The zero-order valence-corrected chi connectivity index (χ0v) is 16.7. The monoisotopic (exact) mass is 385 g/mol. The van der Waals surface area contributed by atoms with E-state index in [-0.39, 0.29) is 11.9 Å². The second-order valence-electron chi connectivity index (χ2n) is 7.18. The number of nitrogens with one attached hydrogen (secondary N) is 2. The van der Waals surface area contributed by atoms with Gasteiger partial charge in [-0.25, -0.2) is 4.68 Å². The summed E-state index contributed by atoms with van der Waals surface area (Å²) >= 11 is 0. The Bertz CT molecular complexity index is 1110. The number of benzene rings is 2. The second-order valence-corrected chi connectivity index (χ2v) is 7.18. The molecule has 0 fully saturated rings. The Labute approximate surface area is 170 Å². The molecular weight excluding hydrogens is 362 g/mol. The summed E-state index contributed by atoms with van der Waals surface area (Å²) in [6, 6.07) is 15.6. The molecule has 1 amide bonds. The van der Waals surface area contributed by atoms with Crippen LogP contribution in [0.3, 0.4) is 0 Å². The van der Waals surface area contributed by atoms with Crippen molar-refractivity contribution in [2.24, 2.45) is 0 Å². The largest absolute Gasteiger partial charge is 0.328 e. The van der Waals surface area contributed by atoms with Crippen molar-refractivity contribution in [3.05, 3.63) is 88.9 Å². The Morgan fingerprint density at radius 2 is 1.93 bits per heavy atom. The number of carbonyl (C=O) groups excluding carboxylic acids is 1. The van der Waals surface area contributed by atoms with Crippen molar-refractivity contribution in [3.8, 4) is 0 Å². The average molecular weight is 385 g/mol. The van der Waals surface area contributed by atoms with Crippen LogP contribution < -0.4 is 10.6 Å². The minimum absolute atomic E-state index is 0.161. The van der Waals surface area contributed by atoms with E-state index in [9.17, 15) is 4.79 Å². The number of allylic oxidation sites excluding steroid dienone is 2. The Morgan fingerprint density at radius 3 is 2.69 bits per heavy atom. The Balaban J connectivity index is 1.68. The van der Waals surface area contributed by atoms with E-state index in [1.165, 1.54) is 6.33 Å². The van der Waals surface area contributed by atoms with E-state index in [1.807, 2.05) is 75.4 Å². The quantitative estimate of drug-likeness (QED) is 0.694. The summed E-state index contributed by atoms with van der Waals surface area (Å²) in [5, 5.41) is 10.6. The highest BCUT2D eigenvalue weighted by molar-refractivity contribution is 6.06. The van der Waals surface area contributed by atoms with Gasteiger partial charge in [-0.2, -0.15) is 10.1 Å². The van der Waals surface area contributed by atoms with E-state index in [0.717, 1.165) is 28.1 Å². The van der Waals surface area contributed by atoms with E-state index in [1.54, 1.807) is 4.68 Å². The van der Waals surface area contributed by atoms with Gasteiger partial charge in [0.15, 0.2) is 0 Å². The van der Waals surface area contributed by atoms with E-state index < -0.39 is 0 Å². The van der Waals surface area contributed by atoms with Crippen molar-refractivity contribution in [2.45, 2.75) is 26.8 Å². The molecule has 29 heavy (non-hydrogen) atoms.